The summed E-state index contributed by atoms with van der Waals surface area (Å²) in [5.41, 5.74) is 1.15. The zero-order valence-electron chi connectivity index (χ0n) is 12.0. The van der Waals surface area contributed by atoms with Crippen molar-refractivity contribution in [3.63, 3.8) is 0 Å². The first-order valence-corrected chi connectivity index (χ1v) is 8.60. The summed E-state index contributed by atoms with van der Waals surface area (Å²) in [5, 5.41) is 6.62. The maximum atomic E-state index is 12.3. The van der Waals surface area contributed by atoms with Crippen LogP contribution in [0.1, 0.15) is 10.4 Å². The van der Waals surface area contributed by atoms with Crippen molar-refractivity contribution in [2.75, 3.05) is 5.32 Å². The third-order valence-corrected chi connectivity index (χ3v) is 4.80. The first kappa shape index (κ1) is 14.7. The van der Waals surface area contributed by atoms with Crippen LogP contribution >= 0.6 is 22.7 Å². The molecule has 4 aromatic heterocycles. The number of hydrogen-bond acceptors (Lipinski definition) is 7. The fourth-order valence-corrected chi connectivity index (χ4v) is 3.51. The van der Waals surface area contributed by atoms with Gasteiger partial charge in [-0.15, -0.1) is 22.7 Å². The molecule has 4 heterocycles. The average molecular weight is 355 g/mol. The average Bonchev–Trinajstić information content (AvgIpc) is 3.25. The normalized spacial score (nSPS) is 10.8. The van der Waals surface area contributed by atoms with E-state index in [4.69, 9.17) is 0 Å². The molecule has 4 aromatic rings. The molecule has 0 atom stereocenters. The Labute approximate surface area is 143 Å². The molecule has 0 bridgehead atoms. The van der Waals surface area contributed by atoms with E-state index in [2.05, 4.69) is 20.3 Å². The van der Waals surface area contributed by atoms with Gasteiger partial charge in [0.05, 0.1) is 5.69 Å². The van der Waals surface area contributed by atoms with Gasteiger partial charge in [0.15, 0.2) is 10.1 Å². The predicted molar refractivity (Wildman–Crippen MR) is 92.6 cm³/mol. The Morgan fingerprint density at radius 2 is 2.17 bits per heavy atom. The second kappa shape index (κ2) is 5.95. The van der Waals surface area contributed by atoms with E-state index < -0.39 is 11.5 Å². The Balaban J connectivity index is 1.61. The maximum absolute atomic E-state index is 12.3. The van der Waals surface area contributed by atoms with E-state index in [1.54, 1.807) is 24.0 Å². The van der Waals surface area contributed by atoms with Gasteiger partial charge in [-0.2, -0.15) is 0 Å². The molecule has 1 N–H and O–H groups in total. The molecule has 4 rings (SSSR count). The lowest BCUT2D eigenvalue weighted by molar-refractivity contribution is 0.102. The summed E-state index contributed by atoms with van der Waals surface area (Å²) in [6.45, 7) is 0. The molecule has 1 amide bonds. The molecule has 0 radical (unpaired) electrons. The summed E-state index contributed by atoms with van der Waals surface area (Å²) >= 11 is 2.61. The highest BCUT2D eigenvalue weighted by atomic mass is 32.1. The van der Waals surface area contributed by atoms with Crippen molar-refractivity contribution in [2.24, 2.45) is 0 Å². The number of carbonyl (C=O) groups excluding carboxylic acids is 1. The summed E-state index contributed by atoms with van der Waals surface area (Å²) in [4.78, 5) is 37.7. The SMILES string of the molecule is O=C(Nc1nc(-c2cccnc2)cs1)c1cnc2sccn2c1=O. The minimum atomic E-state index is -0.528. The van der Waals surface area contributed by atoms with Crippen molar-refractivity contribution in [3.8, 4) is 11.3 Å². The van der Waals surface area contributed by atoms with Gasteiger partial charge in [0.25, 0.3) is 11.5 Å². The molecule has 9 heteroatoms. The molecule has 24 heavy (non-hydrogen) atoms. The molecule has 118 valence electrons. The number of pyridine rings is 1. The van der Waals surface area contributed by atoms with Gasteiger partial charge in [-0.05, 0) is 12.1 Å². The maximum Gasteiger partial charge on any atom is 0.271 e. The van der Waals surface area contributed by atoms with Crippen LogP contribution in [0.3, 0.4) is 0 Å². The van der Waals surface area contributed by atoms with E-state index in [1.807, 2.05) is 17.5 Å². The van der Waals surface area contributed by atoms with Crippen LogP contribution in [0.5, 0.6) is 0 Å². The van der Waals surface area contributed by atoms with Gasteiger partial charge < -0.3 is 0 Å². The van der Waals surface area contributed by atoms with Gasteiger partial charge in [-0.1, -0.05) is 0 Å². The van der Waals surface area contributed by atoms with Crippen LogP contribution in [0.4, 0.5) is 5.13 Å². The summed E-state index contributed by atoms with van der Waals surface area (Å²) in [5.74, 6) is -0.528. The quantitative estimate of drug-likeness (QED) is 0.610. The van der Waals surface area contributed by atoms with Crippen molar-refractivity contribution in [3.05, 3.63) is 63.6 Å². The molecule has 0 fully saturated rings. The number of amides is 1. The van der Waals surface area contributed by atoms with Gasteiger partial charge in [-0.25, -0.2) is 9.97 Å². The van der Waals surface area contributed by atoms with Gasteiger partial charge in [-0.3, -0.25) is 24.3 Å². The lowest BCUT2D eigenvalue weighted by Gasteiger charge is -2.01. The number of nitrogens with zero attached hydrogens (tertiary/aromatic N) is 4. The summed E-state index contributed by atoms with van der Waals surface area (Å²) in [6.07, 6.45) is 6.26. The lowest BCUT2D eigenvalue weighted by atomic mass is 10.2. The Bertz CT molecular complexity index is 1080. The number of rotatable bonds is 3. The fraction of sp³-hybridized carbons (Fsp3) is 0. The first-order chi connectivity index (χ1) is 11.7. The van der Waals surface area contributed by atoms with Crippen molar-refractivity contribution >= 4 is 38.7 Å². The summed E-state index contributed by atoms with van der Waals surface area (Å²) in [7, 11) is 0. The molecule has 0 aromatic carbocycles. The number of hydrogen-bond donors (Lipinski definition) is 1. The number of carbonyl (C=O) groups is 1. The molecular weight excluding hydrogens is 346 g/mol. The molecule has 0 saturated carbocycles. The van der Waals surface area contributed by atoms with Gasteiger partial charge >= 0.3 is 0 Å². The molecule has 0 unspecified atom stereocenters. The number of nitrogens with one attached hydrogen (secondary N) is 1. The highest BCUT2D eigenvalue weighted by Gasteiger charge is 2.15. The van der Waals surface area contributed by atoms with Crippen molar-refractivity contribution in [1.29, 1.82) is 0 Å². The van der Waals surface area contributed by atoms with Crippen LogP contribution in [0.15, 0.2) is 52.5 Å². The number of thiazole rings is 2. The molecule has 7 nitrogen and oxygen atoms in total. The van der Waals surface area contributed by atoms with E-state index in [9.17, 15) is 9.59 Å². The third-order valence-electron chi connectivity index (χ3n) is 3.27. The van der Waals surface area contributed by atoms with E-state index in [0.29, 0.717) is 15.8 Å². The van der Waals surface area contributed by atoms with Crippen molar-refractivity contribution < 1.29 is 4.79 Å². The van der Waals surface area contributed by atoms with Crippen LogP contribution in [0.2, 0.25) is 0 Å². The Kier molecular flexibility index (Phi) is 3.63. The van der Waals surface area contributed by atoms with Crippen molar-refractivity contribution in [1.82, 2.24) is 19.4 Å². The lowest BCUT2D eigenvalue weighted by Crippen LogP contribution is -2.25. The Hall–Kier alpha value is -2.91. The minimum absolute atomic E-state index is 0.0240. The molecule has 0 spiro atoms. The molecule has 0 aliphatic heterocycles. The topological polar surface area (TPSA) is 89.2 Å². The number of anilines is 1. The molecule has 0 saturated heterocycles. The van der Waals surface area contributed by atoms with Crippen LogP contribution in [0.25, 0.3) is 16.2 Å². The smallest absolute Gasteiger partial charge is 0.271 e. The van der Waals surface area contributed by atoms with Crippen LogP contribution in [-0.2, 0) is 0 Å². The van der Waals surface area contributed by atoms with E-state index in [0.717, 1.165) is 5.56 Å². The first-order valence-electron chi connectivity index (χ1n) is 6.84. The predicted octanol–water partition coefficient (Wildman–Crippen LogP) is 2.53. The molecule has 0 aliphatic rings. The number of fused-ring (bicyclic) bond motifs is 1. The standard InChI is InChI=1S/C15H9N5O2S2/c21-12(10-7-17-15-20(13(10)22)4-5-23-15)19-14-18-11(8-24-14)9-2-1-3-16-6-9/h1-8H,(H,18,19,21). The van der Waals surface area contributed by atoms with Crippen molar-refractivity contribution in [2.45, 2.75) is 0 Å². The van der Waals surface area contributed by atoms with E-state index >= 15 is 0 Å². The third kappa shape index (κ3) is 2.59. The monoisotopic (exact) mass is 355 g/mol. The Morgan fingerprint density at radius 3 is 3.00 bits per heavy atom. The molecule has 0 aliphatic carbocycles. The molecular formula is C15H9N5O2S2. The zero-order chi connectivity index (χ0) is 16.5. The highest BCUT2D eigenvalue weighted by molar-refractivity contribution is 7.15. The van der Waals surface area contributed by atoms with E-state index in [1.165, 1.54) is 33.3 Å². The highest BCUT2D eigenvalue weighted by Crippen LogP contribution is 2.24. The second-order valence-electron chi connectivity index (χ2n) is 4.77. The second-order valence-corrected chi connectivity index (χ2v) is 6.50. The minimum Gasteiger partial charge on any atom is -0.298 e. The largest absolute Gasteiger partial charge is 0.298 e. The van der Waals surface area contributed by atoms with Gasteiger partial charge in [0.2, 0.25) is 0 Å². The van der Waals surface area contributed by atoms with Crippen LogP contribution in [-0.4, -0.2) is 25.3 Å². The fourth-order valence-electron chi connectivity index (χ4n) is 2.12. The van der Waals surface area contributed by atoms with Crippen LogP contribution < -0.4 is 10.9 Å². The van der Waals surface area contributed by atoms with Gasteiger partial charge in [0.1, 0.15) is 5.56 Å². The summed E-state index contributed by atoms with van der Waals surface area (Å²) in [6, 6.07) is 3.70. The number of aromatic nitrogens is 4. The Morgan fingerprint density at radius 1 is 1.25 bits per heavy atom. The van der Waals surface area contributed by atoms with Crippen LogP contribution in [0, 0.1) is 0 Å². The summed E-state index contributed by atoms with van der Waals surface area (Å²) < 4.78 is 1.35. The zero-order valence-corrected chi connectivity index (χ0v) is 13.7. The van der Waals surface area contributed by atoms with E-state index in [-0.39, 0.29) is 5.56 Å². The van der Waals surface area contributed by atoms with Gasteiger partial charge in [0, 0.05) is 41.1 Å².